The van der Waals surface area contributed by atoms with Crippen LogP contribution in [0.1, 0.15) is 49.7 Å². The van der Waals surface area contributed by atoms with Crippen molar-refractivity contribution in [3.8, 4) is 0 Å². The highest BCUT2D eigenvalue weighted by molar-refractivity contribution is 5.27. The maximum atomic E-state index is 2.46. The Morgan fingerprint density at radius 1 is 0.667 bits per heavy atom. The Morgan fingerprint density at radius 2 is 1.04 bits per heavy atom. The molecule has 2 aliphatic rings. The zero-order chi connectivity index (χ0) is 16.9. The molecule has 2 saturated heterocycles. The molecule has 0 amide bonds. The first kappa shape index (κ1) is 17.9. The fourth-order valence-electron chi connectivity index (χ4n) is 4.99. The Kier molecular flexibility index (Phi) is 5.99. The largest absolute Gasteiger partial charge is 0.326 e. The summed E-state index contributed by atoms with van der Waals surface area (Å²) in [5.74, 6) is 0. The summed E-state index contributed by atoms with van der Waals surface area (Å²) >= 11 is 0. The normalized spacial score (nSPS) is 22.1. The summed E-state index contributed by atoms with van der Waals surface area (Å²) < 4.78 is 2.63. The number of quaternary nitrogens is 2. The fraction of sp³-hybridized carbons (Fsp3) is 0.727. The van der Waals surface area contributed by atoms with Crippen molar-refractivity contribution < 1.29 is 8.97 Å². The standard InChI is InChI=1S/C22H38N2/c1-23(15-5-6-16-23)19-9-13-21-11-3-4-12-22(21)14-10-20-24(2)17-7-8-18-24/h3-4,11-12H,5-10,13-20H2,1-2H3/q+2. The summed E-state index contributed by atoms with van der Waals surface area (Å²) in [6, 6.07) is 9.23. The lowest BCUT2D eigenvalue weighted by molar-refractivity contribution is -0.897. The monoisotopic (exact) mass is 330 g/mol. The van der Waals surface area contributed by atoms with E-state index in [1.165, 1.54) is 99.6 Å². The molecule has 2 fully saturated rings. The minimum atomic E-state index is 1.27. The second-order valence-electron chi connectivity index (χ2n) is 8.97. The number of rotatable bonds is 8. The number of likely N-dealkylation sites (tertiary alicyclic amines) is 2. The van der Waals surface area contributed by atoms with Crippen LogP contribution in [0, 0.1) is 0 Å². The van der Waals surface area contributed by atoms with Gasteiger partial charge < -0.3 is 8.97 Å². The van der Waals surface area contributed by atoms with Gasteiger partial charge in [-0.25, -0.2) is 0 Å². The van der Waals surface area contributed by atoms with Gasteiger partial charge in [0.05, 0.1) is 53.4 Å². The maximum absolute atomic E-state index is 2.46. The highest BCUT2D eigenvalue weighted by Gasteiger charge is 2.27. The minimum Gasteiger partial charge on any atom is -0.326 e. The van der Waals surface area contributed by atoms with Crippen molar-refractivity contribution in [3.05, 3.63) is 35.4 Å². The summed E-state index contributed by atoms with van der Waals surface area (Å²) in [4.78, 5) is 0. The molecule has 0 aromatic heterocycles. The van der Waals surface area contributed by atoms with E-state index >= 15 is 0 Å². The van der Waals surface area contributed by atoms with Crippen LogP contribution in [0.3, 0.4) is 0 Å². The molecular weight excluding hydrogens is 292 g/mol. The third-order valence-corrected chi connectivity index (χ3v) is 6.70. The zero-order valence-electron chi connectivity index (χ0n) is 16.1. The van der Waals surface area contributed by atoms with Gasteiger partial charge in [0.1, 0.15) is 0 Å². The summed E-state index contributed by atoms with van der Waals surface area (Å²) in [5, 5.41) is 0. The fourth-order valence-corrected chi connectivity index (χ4v) is 4.99. The van der Waals surface area contributed by atoms with Gasteiger partial charge in [-0.15, -0.1) is 0 Å². The lowest BCUT2D eigenvalue weighted by Crippen LogP contribution is -2.41. The van der Waals surface area contributed by atoms with Crippen molar-refractivity contribution in [2.24, 2.45) is 0 Å². The van der Waals surface area contributed by atoms with Crippen molar-refractivity contribution in [2.45, 2.75) is 51.4 Å². The van der Waals surface area contributed by atoms with Crippen molar-refractivity contribution in [1.29, 1.82) is 0 Å². The van der Waals surface area contributed by atoms with Crippen molar-refractivity contribution >= 4 is 0 Å². The van der Waals surface area contributed by atoms with Gasteiger partial charge >= 0.3 is 0 Å². The number of hydrogen-bond acceptors (Lipinski definition) is 0. The van der Waals surface area contributed by atoms with Gasteiger partial charge in [0, 0.05) is 38.5 Å². The van der Waals surface area contributed by atoms with Crippen LogP contribution >= 0.6 is 0 Å². The van der Waals surface area contributed by atoms with E-state index in [1.807, 2.05) is 0 Å². The van der Waals surface area contributed by atoms with Gasteiger partial charge in [0.25, 0.3) is 0 Å². The number of nitrogens with zero attached hydrogens (tertiary/aromatic N) is 2. The van der Waals surface area contributed by atoms with Crippen LogP contribution in [0.5, 0.6) is 0 Å². The van der Waals surface area contributed by atoms with Gasteiger partial charge in [0.2, 0.25) is 0 Å². The molecule has 3 rings (SSSR count). The van der Waals surface area contributed by atoms with Crippen LogP contribution in [0.25, 0.3) is 0 Å². The Hall–Kier alpha value is -0.860. The molecule has 0 saturated carbocycles. The average molecular weight is 331 g/mol. The van der Waals surface area contributed by atoms with Gasteiger partial charge in [-0.2, -0.15) is 0 Å². The quantitative estimate of drug-likeness (QED) is 0.631. The zero-order valence-corrected chi connectivity index (χ0v) is 16.1. The molecule has 0 N–H and O–H groups in total. The Morgan fingerprint density at radius 3 is 1.42 bits per heavy atom. The Balaban J connectivity index is 1.47. The van der Waals surface area contributed by atoms with Crippen LogP contribution < -0.4 is 0 Å². The maximum Gasteiger partial charge on any atom is 0.0787 e. The van der Waals surface area contributed by atoms with E-state index in [2.05, 4.69) is 38.4 Å². The number of hydrogen-bond donors (Lipinski definition) is 0. The van der Waals surface area contributed by atoms with Crippen molar-refractivity contribution in [3.63, 3.8) is 0 Å². The second kappa shape index (κ2) is 8.01. The third kappa shape index (κ3) is 4.83. The minimum absolute atomic E-state index is 1.27. The molecule has 1 aromatic rings. The molecule has 0 bridgehead atoms. The SMILES string of the molecule is C[N+]1(CCCc2ccccc2CCC[N+]2(C)CCCC2)CCCC1. The third-order valence-electron chi connectivity index (χ3n) is 6.70. The van der Waals surface area contributed by atoms with Crippen molar-refractivity contribution in [2.75, 3.05) is 53.4 Å². The van der Waals surface area contributed by atoms with Gasteiger partial charge in [-0.3, -0.25) is 0 Å². The molecule has 134 valence electrons. The topological polar surface area (TPSA) is 0 Å². The second-order valence-corrected chi connectivity index (χ2v) is 8.97. The van der Waals surface area contributed by atoms with Crippen LogP contribution in [0.4, 0.5) is 0 Å². The van der Waals surface area contributed by atoms with Crippen LogP contribution in [0.2, 0.25) is 0 Å². The molecule has 0 unspecified atom stereocenters. The van der Waals surface area contributed by atoms with Gasteiger partial charge in [0.15, 0.2) is 0 Å². The lowest BCUT2D eigenvalue weighted by Gasteiger charge is -2.29. The van der Waals surface area contributed by atoms with E-state index < -0.39 is 0 Å². The first-order valence-electron chi connectivity index (χ1n) is 10.3. The predicted molar refractivity (Wildman–Crippen MR) is 103 cm³/mol. The molecule has 0 radical (unpaired) electrons. The Bertz CT molecular complexity index is 463. The smallest absolute Gasteiger partial charge is 0.0787 e. The molecule has 2 heterocycles. The summed E-state index contributed by atoms with van der Waals surface area (Å²) in [6.45, 7) is 8.33. The van der Waals surface area contributed by atoms with E-state index in [-0.39, 0.29) is 0 Å². The predicted octanol–water partition coefficient (Wildman–Crippen LogP) is 4.03. The average Bonchev–Trinajstić information content (AvgIpc) is 3.18. The first-order valence-corrected chi connectivity index (χ1v) is 10.3. The van der Waals surface area contributed by atoms with Crippen LogP contribution in [-0.4, -0.2) is 62.3 Å². The van der Waals surface area contributed by atoms with E-state index in [0.29, 0.717) is 0 Å². The van der Waals surface area contributed by atoms with E-state index in [4.69, 9.17) is 0 Å². The van der Waals surface area contributed by atoms with Crippen LogP contribution in [0.15, 0.2) is 24.3 Å². The summed E-state index contributed by atoms with van der Waals surface area (Å²) in [7, 11) is 4.91. The molecule has 1 aromatic carbocycles. The molecule has 0 atom stereocenters. The number of benzene rings is 1. The molecule has 2 aliphatic heterocycles. The van der Waals surface area contributed by atoms with E-state index in [0.717, 1.165) is 0 Å². The molecular formula is C22H38N2+2. The van der Waals surface area contributed by atoms with Gasteiger partial charge in [-0.1, -0.05) is 24.3 Å². The number of aryl methyl sites for hydroxylation is 2. The first-order chi connectivity index (χ1) is 11.6. The molecule has 24 heavy (non-hydrogen) atoms. The molecule has 0 aliphatic carbocycles. The van der Waals surface area contributed by atoms with Crippen LogP contribution in [-0.2, 0) is 12.8 Å². The van der Waals surface area contributed by atoms with Crippen molar-refractivity contribution in [1.82, 2.24) is 0 Å². The summed E-state index contributed by atoms with van der Waals surface area (Å²) in [5.41, 5.74) is 3.24. The highest BCUT2D eigenvalue weighted by Crippen LogP contribution is 2.21. The lowest BCUT2D eigenvalue weighted by atomic mass is 9.98. The van der Waals surface area contributed by atoms with Gasteiger partial charge in [-0.05, 0) is 24.0 Å². The summed E-state index contributed by atoms with van der Waals surface area (Å²) in [6.07, 6.45) is 11.0. The molecule has 2 nitrogen and oxygen atoms in total. The van der Waals surface area contributed by atoms with E-state index in [9.17, 15) is 0 Å². The molecule has 0 spiro atoms. The molecule has 2 heteroatoms. The van der Waals surface area contributed by atoms with E-state index in [1.54, 1.807) is 11.1 Å². The highest BCUT2D eigenvalue weighted by atomic mass is 15.3. The Labute approximate surface area is 149 Å².